The minimum Gasteiger partial charge on any atom is -0.490 e. The molecule has 0 bridgehead atoms. The second-order valence-electron chi connectivity index (χ2n) is 13.8. The Morgan fingerprint density at radius 3 is 2.65 bits per heavy atom. The molecular weight excluding hydrogens is 642 g/mol. The van der Waals surface area contributed by atoms with Gasteiger partial charge in [-0.05, 0) is 92.1 Å². The number of ether oxygens (including phenoxy) is 2. The Morgan fingerprint density at radius 2 is 1.82 bits per heavy atom. The van der Waals surface area contributed by atoms with E-state index >= 15 is 0 Å². The second kappa shape index (κ2) is 16.1. The summed E-state index contributed by atoms with van der Waals surface area (Å²) in [5, 5.41) is 18.0. The fourth-order valence-electron chi connectivity index (χ4n) is 6.99. The van der Waals surface area contributed by atoms with E-state index in [-0.39, 0.29) is 24.0 Å². The predicted octanol–water partition coefficient (Wildman–Crippen LogP) is 5.99. The molecule has 0 radical (unpaired) electrons. The number of pyridine rings is 1. The van der Waals surface area contributed by atoms with Crippen LogP contribution in [0.1, 0.15) is 81.8 Å². The highest BCUT2D eigenvalue weighted by Crippen LogP contribution is 2.36. The summed E-state index contributed by atoms with van der Waals surface area (Å²) in [6.07, 6.45) is 6.83. The first-order chi connectivity index (χ1) is 24.9. The van der Waals surface area contributed by atoms with Crippen LogP contribution in [0.15, 0.2) is 85.1 Å². The molecule has 3 aliphatic rings. The molecule has 266 valence electrons. The summed E-state index contributed by atoms with van der Waals surface area (Å²) in [5.74, 6) is 0.442. The molecule has 2 unspecified atom stereocenters. The van der Waals surface area contributed by atoms with E-state index in [1.165, 1.54) is 11.1 Å². The predicted molar refractivity (Wildman–Crippen MR) is 197 cm³/mol. The van der Waals surface area contributed by atoms with Crippen LogP contribution >= 0.6 is 0 Å². The summed E-state index contributed by atoms with van der Waals surface area (Å²) >= 11 is 0. The number of aromatic nitrogens is 1. The molecule has 1 saturated carbocycles. The summed E-state index contributed by atoms with van der Waals surface area (Å²) in [4.78, 5) is 35.6. The lowest BCUT2D eigenvalue weighted by molar-refractivity contribution is 0.0338. The molecule has 1 saturated heterocycles. The number of hydrogen-bond donors (Lipinski definition) is 3. The standard InChI is InChI=1S/C41H47N5O5/c1-45(19-20-46-21-23-50-24-22-46)41(49)31-10-4-9-29(25-31)39(47)44-37-16-15-33(51-32-11-6-12-32)27-35(37)38-26-30(17-18-42-38)40(48)43-36-14-5-8-28-7-2-3-13-34(28)36/h2-4,7,9-10,13,15-18,25-27,32,36,39,44,47H,5-6,8,11-12,14,19-24H2,1H3,(H,43,48). The van der Waals surface area contributed by atoms with Crippen LogP contribution in [0.25, 0.3) is 11.3 Å². The van der Waals surface area contributed by atoms with Crippen molar-refractivity contribution in [2.75, 3.05) is 51.8 Å². The summed E-state index contributed by atoms with van der Waals surface area (Å²) < 4.78 is 11.7. The average Bonchev–Trinajstić information content (AvgIpc) is 3.16. The van der Waals surface area contributed by atoms with Gasteiger partial charge in [0.2, 0.25) is 0 Å². The molecule has 1 aromatic heterocycles. The Labute approximate surface area is 299 Å². The van der Waals surface area contributed by atoms with Crippen molar-refractivity contribution >= 4 is 17.5 Å². The van der Waals surface area contributed by atoms with Gasteiger partial charge in [0, 0.05) is 67.4 Å². The molecule has 1 aliphatic heterocycles. The largest absolute Gasteiger partial charge is 0.490 e. The smallest absolute Gasteiger partial charge is 0.253 e. The first-order valence-electron chi connectivity index (χ1n) is 18.2. The van der Waals surface area contributed by atoms with Gasteiger partial charge in [0.25, 0.3) is 11.8 Å². The number of aliphatic hydroxyl groups is 1. The van der Waals surface area contributed by atoms with Gasteiger partial charge < -0.3 is 30.1 Å². The third-order valence-electron chi connectivity index (χ3n) is 10.3. The van der Waals surface area contributed by atoms with E-state index in [4.69, 9.17) is 9.47 Å². The monoisotopic (exact) mass is 689 g/mol. The molecule has 0 spiro atoms. The van der Waals surface area contributed by atoms with E-state index in [1.807, 2.05) is 30.3 Å². The number of amides is 2. The van der Waals surface area contributed by atoms with E-state index in [2.05, 4.69) is 32.7 Å². The SMILES string of the molecule is CN(CCN1CCOCC1)C(=O)c1cccc(C(O)Nc2ccc(OC3CCC3)cc2-c2cc(C(=O)NC3CCCc4ccccc43)ccn2)c1. The zero-order chi connectivity index (χ0) is 35.2. The van der Waals surface area contributed by atoms with Crippen molar-refractivity contribution < 1.29 is 24.2 Å². The van der Waals surface area contributed by atoms with Gasteiger partial charge >= 0.3 is 0 Å². The number of hydrogen-bond acceptors (Lipinski definition) is 8. The van der Waals surface area contributed by atoms with Crippen LogP contribution in [-0.2, 0) is 11.2 Å². The molecule has 7 rings (SSSR count). The number of carbonyl (C=O) groups is 2. The molecule has 2 heterocycles. The van der Waals surface area contributed by atoms with E-state index in [9.17, 15) is 14.7 Å². The van der Waals surface area contributed by atoms with Gasteiger partial charge in [0.15, 0.2) is 6.23 Å². The quantitative estimate of drug-likeness (QED) is 0.155. The van der Waals surface area contributed by atoms with Crippen molar-refractivity contribution in [3.05, 3.63) is 113 Å². The maximum Gasteiger partial charge on any atom is 0.253 e. The molecule has 2 atom stereocenters. The van der Waals surface area contributed by atoms with Crippen molar-refractivity contribution in [3.63, 3.8) is 0 Å². The minimum atomic E-state index is -1.12. The van der Waals surface area contributed by atoms with E-state index in [0.29, 0.717) is 45.9 Å². The zero-order valence-corrected chi connectivity index (χ0v) is 29.2. The number of nitrogens with zero attached hydrogens (tertiary/aromatic N) is 3. The van der Waals surface area contributed by atoms with Crippen molar-refractivity contribution in [3.8, 4) is 17.0 Å². The van der Waals surface area contributed by atoms with Crippen LogP contribution in [0.5, 0.6) is 5.75 Å². The fourth-order valence-corrected chi connectivity index (χ4v) is 6.99. The third kappa shape index (κ3) is 8.41. The van der Waals surface area contributed by atoms with Gasteiger partial charge in [-0.15, -0.1) is 0 Å². The lowest BCUT2D eigenvalue weighted by atomic mass is 9.87. The lowest BCUT2D eigenvalue weighted by Gasteiger charge is -2.28. The molecule has 2 amide bonds. The minimum absolute atomic E-state index is 0.0437. The maximum atomic E-state index is 13.6. The van der Waals surface area contributed by atoms with Gasteiger partial charge in [-0.2, -0.15) is 0 Å². The van der Waals surface area contributed by atoms with Gasteiger partial charge in [0.1, 0.15) is 5.75 Å². The van der Waals surface area contributed by atoms with Crippen molar-refractivity contribution in [2.45, 2.75) is 56.9 Å². The highest BCUT2D eigenvalue weighted by Gasteiger charge is 2.24. The van der Waals surface area contributed by atoms with E-state index in [1.54, 1.807) is 54.5 Å². The van der Waals surface area contributed by atoms with E-state index in [0.717, 1.165) is 71.4 Å². The normalized spacial score (nSPS) is 18.2. The number of carbonyl (C=O) groups excluding carboxylic acids is 2. The number of fused-ring (bicyclic) bond motifs is 1. The number of aryl methyl sites for hydroxylation is 1. The molecule has 4 aromatic rings. The molecule has 3 aromatic carbocycles. The van der Waals surface area contributed by atoms with Gasteiger partial charge in [-0.3, -0.25) is 19.5 Å². The maximum absolute atomic E-state index is 13.6. The second-order valence-corrected chi connectivity index (χ2v) is 13.8. The molecule has 2 aliphatic carbocycles. The Morgan fingerprint density at radius 1 is 0.980 bits per heavy atom. The number of rotatable bonds is 12. The number of morpholine rings is 1. The summed E-state index contributed by atoms with van der Waals surface area (Å²) in [6, 6.07) is 24.5. The number of anilines is 1. The Hall–Kier alpha value is -4.77. The van der Waals surface area contributed by atoms with Crippen LogP contribution in [0, 0.1) is 0 Å². The molecule has 2 fully saturated rings. The topological polar surface area (TPSA) is 116 Å². The average molecular weight is 690 g/mol. The third-order valence-corrected chi connectivity index (χ3v) is 10.3. The lowest BCUT2D eigenvalue weighted by Crippen LogP contribution is -2.41. The Balaban J connectivity index is 1.09. The van der Waals surface area contributed by atoms with Crippen molar-refractivity contribution in [1.82, 2.24) is 20.1 Å². The summed E-state index contributed by atoms with van der Waals surface area (Å²) in [6.45, 7) is 4.55. The molecule has 10 heteroatoms. The Kier molecular flexibility index (Phi) is 10.9. The molecular formula is C41H47N5O5. The summed E-state index contributed by atoms with van der Waals surface area (Å²) in [5.41, 5.74) is 5.91. The Bertz CT molecular complexity index is 1840. The van der Waals surface area contributed by atoms with Crippen LogP contribution in [-0.4, -0.2) is 84.2 Å². The van der Waals surface area contributed by atoms with Gasteiger partial charge in [-0.25, -0.2) is 0 Å². The molecule has 51 heavy (non-hydrogen) atoms. The van der Waals surface area contributed by atoms with E-state index < -0.39 is 6.23 Å². The number of aliphatic hydroxyl groups excluding tert-OH is 1. The number of benzene rings is 3. The first-order valence-corrected chi connectivity index (χ1v) is 18.2. The number of nitrogens with one attached hydrogen (secondary N) is 2. The van der Waals surface area contributed by atoms with Crippen LogP contribution < -0.4 is 15.4 Å². The molecule has 3 N–H and O–H groups in total. The van der Waals surface area contributed by atoms with Crippen LogP contribution in [0.3, 0.4) is 0 Å². The van der Waals surface area contributed by atoms with Gasteiger partial charge in [-0.1, -0.05) is 36.4 Å². The summed E-state index contributed by atoms with van der Waals surface area (Å²) in [7, 11) is 1.80. The number of likely N-dealkylation sites (N-methyl/N-ethyl adjacent to an activating group) is 1. The molecule has 10 nitrogen and oxygen atoms in total. The van der Waals surface area contributed by atoms with Crippen molar-refractivity contribution in [1.29, 1.82) is 0 Å². The highest BCUT2D eigenvalue weighted by molar-refractivity contribution is 5.96. The van der Waals surface area contributed by atoms with Crippen molar-refractivity contribution in [2.24, 2.45) is 0 Å². The first kappa shape index (κ1) is 34.7. The highest BCUT2D eigenvalue weighted by atomic mass is 16.5. The van der Waals surface area contributed by atoms with Gasteiger partial charge in [0.05, 0.1) is 31.1 Å². The zero-order valence-electron chi connectivity index (χ0n) is 29.2. The van der Waals surface area contributed by atoms with Crippen LogP contribution in [0.2, 0.25) is 0 Å². The van der Waals surface area contributed by atoms with Crippen LogP contribution in [0.4, 0.5) is 5.69 Å². The fraction of sp³-hybridized carbons (Fsp3) is 0.390.